The minimum absolute atomic E-state index is 0.222. The third kappa shape index (κ3) is 3.08. The average Bonchev–Trinajstić information content (AvgIpc) is 3.16. The summed E-state index contributed by atoms with van der Waals surface area (Å²) in [4.78, 5) is 27.1. The molecule has 0 bridgehead atoms. The van der Waals surface area contributed by atoms with Crippen LogP contribution >= 0.6 is 0 Å². The Kier molecular flexibility index (Phi) is 4.47. The van der Waals surface area contributed by atoms with Crippen molar-refractivity contribution in [3.05, 3.63) is 70.5 Å². The first-order chi connectivity index (χ1) is 13.9. The lowest BCUT2D eigenvalue weighted by atomic mass is 9.99. The number of carboxylic acids is 1. The molecule has 0 atom stereocenters. The van der Waals surface area contributed by atoms with Crippen LogP contribution in [0.4, 0.5) is 5.69 Å². The van der Waals surface area contributed by atoms with Crippen LogP contribution < -0.4 is 10.1 Å². The van der Waals surface area contributed by atoms with Crippen molar-refractivity contribution >= 4 is 29.2 Å². The molecule has 0 aliphatic carbocycles. The van der Waals surface area contributed by atoms with Gasteiger partial charge in [0, 0.05) is 28.2 Å². The van der Waals surface area contributed by atoms with Crippen LogP contribution in [-0.2, 0) is 4.79 Å². The highest BCUT2D eigenvalue weighted by Gasteiger charge is 2.26. The van der Waals surface area contributed by atoms with Crippen molar-refractivity contribution in [3.63, 3.8) is 0 Å². The van der Waals surface area contributed by atoms with E-state index >= 15 is 0 Å². The Hall–Kier alpha value is -3.80. The summed E-state index contributed by atoms with van der Waals surface area (Å²) in [7, 11) is 1.63. The third-order valence-electron chi connectivity index (χ3n) is 5.20. The van der Waals surface area contributed by atoms with E-state index in [0.29, 0.717) is 28.2 Å². The molecule has 0 radical (unpaired) electrons. The van der Waals surface area contributed by atoms with Crippen molar-refractivity contribution in [1.29, 1.82) is 0 Å². The van der Waals surface area contributed by atoms with Gasteiger partial charge in [-0.1, -0.05) is 30.3 Å². The minimum Gasteiger partial charge on any atom is -0.496 e. The fourth-order valence-corrected chi connectivity index (χ4v) is 3.77. The summed E-state index contributed by atoms with van der Waals surface area (Å²) in [6.07, 6.45) is 1.71. The number of benzene rings is 2. The molecule has 3 aromatic rings. The highest BCUT2D eigenvalue weighted by Crippen LogP contribution is 2.38. The third-order valence-corrected chi connectivity index (χ3v) is 5.20. The van der Waals surface area contributed by atoms with Crippen molar-refractivity contribution in [2.24, 2.45) is 0 Å². The molecule has 6 nitrogen and oxygen atoms in total. The van der Waals surface area contributed by atoms with Gasteiger partial charge in [-0.3, -0.25) is 4.79 Å². The number of rotatable bonds is 4. The Morgan fingerprint density at radius 2 is 1.86 bits per heavy atom. The molecule has 2 heterocycles. The number of aromatic nitrogens is 1. The van der Waals surface area contributed by atoms with E-state index in [0.717, 1.165) is 22.4 Å². The monoisotopic (exact) mass is 388 g/mol. The number of carboxylic acid groups (broad SMARTS) is 1. The number of nitrogens with one attached hydrogen (secondary N) is 2. The van der Waals surface area contributed by atoms with Crippen molar-refractivity contribution < 1.29 is 19.4 Å². The molecule has 2 aromatic carbocycles. The lowest BCUT2D eigenvalue weighted by Gasteiger charge is -2.09. The Labute approximate surface area is 167 Å². The molecule has 6 heteroatoms. The van der Waals surface area contributed by atoms with Gasteiger partial charge < -0.3 is 20.1 Å². The highest BCUT2D eigenvalue weighted by atomic mass is 16.5. The van der Waals surface area contributed by atoms with E-state index in [1.54, 1.807) is 27.0 Å². The van der Waals surface area contributed by atoms with E-state index in [4.69, 9.17) is 4.74 Å². The quantitative estimate of drug-likeness (QED) is 0.574. The number of hydrogen-bond acceptors (Lipinski definition) is 3. The van der Waals surface area contributed by atoms with Crippen LogP contribution in [0.15, 0.2) is 42.5 Å². The number of aryl methyl sites for hydroxylation is 1. The average molecular weight is 388 g/mol. The molecule has 0 fully saturated rings. The van der Waals surface area contributed by atoms with Gasteiger partial charge in [-0.25, -0.2) is 4.79 Å². The number of hydrogen-bond donors (Lipinski definition) is 3. The van der Waals surface area contributed by atoms with Crippen LogP contribution in [-0.4, -0.2) is 29.1 Å². The second kappa shape index (κ2) is 6.98. The molecule has 29 heavy (non-hydrogen) atoms. The number of aromatic amines is 1. The predicted molar refractivity (Wildman–Crippen MR) is 112 cm³/mol. The molecule has 1 aliphatic heterocycles. The lowest BCUT2D eigenvalue weighted by Crippen LogP contribution is -2.03. The Morgan fingerprint density at radius 1 is 1.10 bits per heavy atom. The molecule has 0 saturated carbocycles. The molecule has 0 unspecified atom stereocenters. The van der Waals surface area contributed by atoms with Crippen molar-refractivity contribution in [2.75, 3.05) is 12.4 Å². The molecule has 0 saturated heterocycles. The number of carbonyl (C=O) groups is 2. The van der Waals surface area contributed by atoms with Crippen LogP contribution in [0.3, 0.4) is 0 Å². The van der Waals surface area contributed by atoms with Gasteiger partial charge in [-0.2, -0.15) is 0 Å². The fourth-order valence-electron chi connectivity index (χ4n) is 3.77. The number of methoxy groups -OCH3 is 1. The normalized spacial score (nSPS) is 14.0. The van der Waals surface area contributed by atoms with Gasteiger partial charge in [0.1, 0.15) is 5.75 Å². The predicted octanol–water partition coefficient (Wildman–Crippen LogP) is 4.50. The summed E-state index contributed by atoms with van der Waals surface area (Å²) in [6, 6.07) is 13.5. The maximum absolute atomic E-state index is 12.6. The zero-order valence-corrected chi connectivity index (χ0v) is 16.3. The van der Waals surface area contributed by atoms with Gasteiger partial charge in [-0.05, 0) is 43.2 Å². The summed E-state index contributed by atoms with van der Waals surface area (Å²) >= 11 is 0. The summed E-state index contributed by atoms with van der Waals surface area (Å²) in [5.74, 6) is -0.453. The van der Waals surface area contributed by atoms with Gasteiger partial charge in [0.05, 0.1) is 18.2 Å². The number of ether oxygens (including phenoxy) is 1. The molecule has 1 amide bonds. The van der Waals surface area contributed by atoms with Gasteiger partial charge in [0.15, 0.2) is 0 Å². The molecular weight excluding hydrogens is 368 g/mol. The topological polar surface area (TPSA) is 91.4 Å². The molecule has 0 spiro atoms. The Balaban J connectivity index is 1.78. The number of para-hydroxylation sites is 1. The zero-order chi connectivity index (χ0) is 20.7. The molecule has 1 aromatic heterocycles. The Bertz CT molecular complexity index is 1190. The maximum atomic E-state index is 12.6. The van der Waals surface area contributed by atoms with Crippen molar-refractivity contribution in [2.45, 2.75) is 13.8 Å². The highest BCUT2D eigenvalue weighted by molar-refractivity contribution is 6.35. The zero-order valence-electron chi connectivity index (χ0n) is 16.3. The van der Waals surface area contributed by atoms with E-state index in [-0.39, 0.29) is 11.5 Å². The van der Waals surface area contributed by atoms with Crippen LogP contribution in [0.2, 0.25) is 0 Å². The molecular formula is C23H20N2O4. The van der Waals surface area contributed by atoms with E-state index < -0.39 is 5.97 Å². The van der Waals surface area contributed by atoms with E-state index in [9.17, 15) is 14.7 Å². The van der Waals surface area contributed by atoms with E-state index in [1.807, 2.05) is 42.5 Å². The smallest absolute Gasteiger partial charge is 0.337 e. The van der Waals surface area contributed by atoms with Gasteiger partial charge in [0.25, 0.3) is 5.91 Å². The number of carbonyl (C=O) groups excluding carboxylic acids is 1. The van der Waals surface area contributed by atoms with Crippen molar-refractivity contribution in [3.8, 4) is 16.9 Å². The molecule has 1 aliphatic rings. The van der Waals surface area contributed by atoms with Crippen molar-refractivity contribution in [1.82, 2.24) is 4.98 Å². The first kappa shape index (κ1) is 18.6. The second-order valence-electron chi connectivity index (χ2n) is 6.94. The number of anilines is 1. The standard InChI is InChI=1S/C23H20N2O4/c1-12-18(24-13(2)21(12)23(27)28)11-17-16-9-8-14(10-19(16)25-22(17)26)15-6-4-5-7-20(15)29-3/h4-11,24H,1-3H3,(H,25,26)(H,27,28)/b17-11-. The summed E-state index contributed by atoms with van der Waals surface area (Å²) in [5, 5.41) is 12.3. The minimum atomic E-state index is -0.987. The summed E-state index contributed by atoms with van der Waals surface area (Å²) in [5.41, 5.74) is 5.87. The number of amides is 1. The van der Waals surface area contributed by atoms with Gasteiger partial charge in [-0.15, -0.1) is 0 Å². The van der Waals surface area contributed by atoms with Gasteiger partial charge in [0.2, 0.25) is 0 Å². The first-order valence-electron chi connectivity index (χ1n) is 9.14. The molecule has 3 N–H and O–H groups in total. The van der Waals surface area contributed by atoms with Crippen LogP contribution in [0.25, 0.3) is 22.8 Å². The number of fused-ring (bicyclic) bond motifs is 1. The second-order valence-corrected chi connectivity index (χ2v) is 6.94. The SMILES string of the molecule is COc1ccccc1-c1ccc2c(c1)NC(=O)/C2=C\c1[nH]c(C)c(C(=O)O)c1C. The van der Waals surface area contributed by atoms with E-state index in [2.05, 4.69) is 10.3 Å². The maximum Gasteiger partial charge on any atom is 0.337 e. The number of aromatic carboxylic acids is 1. The number of H-pyrrole nitrogens is 1. The van der Waals surface area contributed by atoms with E-state index in [1.165, 1.54) is 0 Å². The van der Waals surface area contributed by atoms with Crippen LogP contribution in [0, 0.1) is 13.8 Å². The largest absolute Gasteiger partial charge is 0.496 e. The van der Waals surface area contributed by atoms with Gasteiger partial charge >= 0.3 is 5.97 Å². The van der Waals surface area contributed by atoms with Crippen LogP contribution in [0.1, 0.15) is 32.9 Å². The molecule has 146 valence electrons. The summed E-state index contributed by atoms with van der Waals surface area (Å²) < 4.78 is 5.44. The molecule has 4 rings (SSSR count). The van der Waals surface area contributed by atoms with Crippen LogP contribution in [0.5, 0.6) is 5.75 Å². The fraction of sp³-hybridized carbons (Fsp3) is 0.130. The first-order valence-corrected chi connectivity index (χ1v) is 9.14. The Morgan fingerprint density at radius 3 is 2.55 bits per heavy atom. The lowest BCUT2D eigenvalue weighted by molar-refractivity contribution is -0.110. The summed E-state index contributed by atoms with van der Waals surface area (Å²) in [6.45, 7) is 3.44.